The summed E-state index contributed by atoms with van der Waals surface area (Å²) in [5.41, 5.74) is 5.50. The molecule has 4 heteroatoms. The van der Waals surface area contributed by atoms with E-state index in [1.807, 2.05) is 0 Å². The molecule has 1 fully saturated rings. The summed E-state index contributed by atoms with van der Waals surface area (Å²) in [6, 6.07) is 0. The van der Waals surface area contributed by atoms with Crippen LogP contribution in [0.25, 0.3) is 0 Å². The zero-order valence-corrected chi connectivity index (χ0v) is 9.98. The van der Waals surface area contributed by atoms with E-state index >= 15 is 0 Å². The van der Waals surface area contributed by atoms with Gasteiger partial charge in [-0.3, -0.25) is 0 Å². The van der Waals surface area contributed by atoms with E-state index in [-0.39, 0.29) is 0 Å². The van der Waals surface area contributed by atoms with Gasteiger partial charge in [-0.05, 0) is 31.8 Å². The summed E-state index contributed by atoms with van der Waals surface area (Å²) in [5, 5.41) is 0. The first-order chi connectivity index (χ1) is 7.81. The van der Waals surface area contributed by atoms with Crippen molar-refractivity contribution in [2.24, 2.45) is 11.7 Å². The highest BCUT2D eigenvalue weighted by Crippen LogP contribution is 2.20. The number of rotatable bonds is 4. The lowest BCUT2D eigenvalue weighted by Gasteiger charge is -2.31. The number of hydrogen-bond acceptors (Lipinski definition) is 4. The Kier molecular flexibility index (Phi) is 3.96. The maximum atomic E-state index is 5.55. The molecular weight excluding hydrogens is 202 g/mol. The van der Waals surface area contributed by atoms with Crippen LogP contribution in [0.2, 0.25) is 0 Å². The van der Waals surface area contributed by atoms with Gasteiger partial charge in [0.1, 0.15) is 5.76 Å². The third kappa shape index (κ3) is 2.83. The Morgan fingerprint density at radius 1 is 1.62 bits per heavy atom. The molecule has 0 saturated carbocycles. The Hall–Kier alpha value is -0.870. The molecule has 1 aliphatic rings. The number of oxazole rings is 1. The average molecular weight is 223 g/mol. The second-order valence-electron chi connectivity index (χ2n) is 4.53. The van der Waals surface area contributed by atoms with Gasteiger partial charge in [-0.25, -0.2) is 4.98 Å². The summed E-state index contributed by atoms with van der Waals surface area (Å²) in [6.07, 6.45) is 5.28. The van der Waals surface area contributed by atoms with Gasteiger partial charge in [-0.1, -0.05) is 6.92 Å². The van der Waals surface area contributed by atoms with Crippen molar-refractivity contribution in [3.8, 4) is 0 Å². The molecule has 0 amide bonds. The second-order valence-corrected chi connectivity index (χ2v) is 4.53. The Morgan fingerprint density at radius 2 is 2.50 bits per heavy atom. The van der Waals surface area contributed by atoms with Crippen LogP contribution in [-0.4, -0.2) is 29.5 Å². The number of nitrogens with two attached hydrogens (primary N) is 1. The smallest absolute Gasteiger partial charge is 0.194 e. The van der Waals surface area contributed by atoms with Crippen molar-refractivity contribution < 1.29 is 4.42 Å². The second kappa shape index (κ2) is 5.46. The van der Waals surface area contributed by atoms with Crippen LogP contribution in [0.1, 0.15) is 31.4 Å². The molecule has 2 N–H and O–H groups in total. The fraction of sp³-hybridized carbons (Fsp3) is 0.750. The Balaban J connectivity index is 1.88. The number of likely N-dealkylation sites (tertiary alicyclic amines) is 1. The summed E-state index contributed by atoms with van der Waals surface area (Å²) >= 11 is 0. The molecule has 0 spiro atoms. The minimum absolute atomic E-state index is 0.443. The van der Waals surface area contributed by atoms with E-state index in [1.165, 1.54) is 25.9 Å². The van der Waals surface area contributed by atoms with Gasteiger partial charge in [0.2, 0.25) is 0 Å². The number of hydrogen-bond donors (Lipinski definition) is 1. The molecule has 1 aromatic rings. The van der Waals surface area contributed by atoms with Gasteiger partial charge in [0, 0.05) is 13.0 Å². The van der Waals surface area contributed by atoms with Crippen molar-refractivity contribution >= 4 is 0 Å². The van der Waals surface area contributed by atoms with E-state index in [9.17, 15) is 0 Å². The van der Waals surface area contributed by atoms with Crippen LogP contribution >= 0.6 is 0 Å². The molecule has 2 rings (SSSR count). The van der Waals surface area contributed by atoms with Gasteiger partial charge in [0.15, 0.2) is 5.89 Å². The fourth-order valence-corrected chi connectivity index (χ4v) is 2.39. The molecule has 0 aromatic carbocycles. The maximum absolute atomic E-state index is 5.55. The van der Waals surface area contributed by atoms with Crippen molar-refractivity contribution in [1.82, 2.24) is 9.88 Å². The van der Waals surface area contributed by atoms with E-state index in [1.54, 1.807) is 6.20 Å². The van der Waals surface area contributed by atoms with Crippen LogP contribution in [0.5, 0.6) is 0 Å². The van der Waals surface area contributed by atoms with Crippen LogP contribution in [-0.2, 0) is 13.0 Å². The molecule has 4 nitrogen and oxygen atoms in total. The van der Waals surface area contributed by atoms with Crippen LogP contribution in [0.15, 0.2) is 10.6 Å². The average Bonchev–Trinajstić information content (AvgIpc) is 2.77. The summed E-state index contributed by atoms with van der Waals surface area (Å²) < 4.78 is 5.55. The van der Waals surface area contributed by atoms with E-state index in [2.05, 4.69) is 16.8 Å². The third-order valence-electron chi connectivity index (χ3n) is 3.32. The minimum atomic E-state index is 0.443. The summed E-state index contributed by atoms with van der Waals surface area (Å²) in [4.78, 5) is 6.77. The van der Waals surface area contributed by atoms with Crippen LogP contribution < -0.4 is 5.73 Å². The standard InChI is InChI=1S/C12H21N3O/c1-2-15-5-3-4-10(9-15)6-12-14-8-11(7-13)16-12/h8,10H,2-7,9,13H2,1H3. The fourth-order valence-electron chi connectivity index (χ4n) is 2.39. The lowest BCUT2D eigenvalue weighted by Crippen LogP contribution is -2.35. The van der Waals surface area contributed by atoms with E-state index < -0.39 is 0 Å². The van der Waals surface area contributed by atoms with E-state index in [0.717, 1.165) is 24.6 Å². The molecule has 1 atom stereocenters. The van der Waals surface area contributed by atoms with Gasteiger partial charge >= 0.3 is 0 Å². The Labute approximate surface area is 96.8 Å². The normalized spacial score (nSPS) is 22.5. The Morgan fingerprint density at radius 3 is 3.19 bits per heavy atom. The molecule has 16 heavy (non-hydrogen) atoms. The van der Waals surface area contributed by atoms with Crippen LogP contribution in [0, 0.1) is 5.92 Å². The van der Waals surface area contributed by atoms with Crippen molar-refractivity contribution in [2.75, 3.05) is 19.6 Å². The van der Waals surface area contributed by atoms with Crippen LogP contribution in [0.3, 0.4) is 0 Å². The molecular formula is C12H21N3O. The lowest BCUT2D eigenvalue weighted by molar-refractivity contribution is 0.176. The monoisotopic (exact) mass is 223 g/mol. The SMILES string of the molecule is CCN1CCCC(Cc2ncc(CN)o2)C1. The lowest BCUT2D eigenvalue weighted by atomic mass is 9.95. The molecule has 0 aliphatic carbocycles. The van der Waals surface area contributed by atoms with Crippen molar-refractivity contribution in [2.45, 2.75) is 32.7 Å². The van der Waals surface area contributed by atoms with Crippen molar-refractivity contribution in [1.29, 1.82) is 0 Å². The largest absolute Gasteiger partial charge is 0.444 e. The van der Waals surface area contributed by atoms with Gasteiger partial charge in [0.05, 0.1) is 12.7 Å². The van der Waals surface area contributed by atoms with Crippen LogP contribution in [0.4, 0.5) is 0 Å². The third-order valence-corrected chi connectivity index (χ3v) is 3.32. The Bertz CT molecular complexity index is 324. The molecule has 1 aliphatic heterocycles. The molecule has 2 heterocycles. The highest BCUT2D eigenvalue weighted by molar-refractivity contribution is 4.94. The first kappa shape index (κ1) is 11.6. The molecule has 1 aromatic heterocycles. The summed E-state index contributed by atoms with van der Waals surface area (Å²) in [7, 11) is 0. The van der Waals surface area contributed by atoms with Gasteiger partial charge in [-0.2, -0.15) is 0 Å². The molecule has 0 bridgehead atoms. The molecule has 0 radical (unpaired) electrons. The molecule has 1 unspecified atom stereocenters. The predicted octanol–water partition coefficient (Wildman–Crippen LogP) is 1.41. The van der Waals surface area contributed by atoms with E-state index in [0.29, 0.717) is 12.5 Å². The molecule has 1 saturated heterocycles. The molecule has 90 valence electrons. The maximum Gasteiger partial charge on any atom is 0.194 e. The summed E-state index contributed by atoms with van der Waals surface area (Å²) in [6.45, 7) is 6.23. The highest BCUT2D eigenvalue weighted by atomic mass is 16.4. The topological polar surface area (TPSA) is 55.3 Å². The van der Waals surface area contributed by atoms with Crippen molar-refractivity contribution in [3.05, 3.63) is 17.8 Å². The zero-order valence-electron chi connectivity index (χ0n) is 9.98. The first-order valence-corrected chi connectivity index (χ1v) is 6.17. The van der Waals surface area contributed by atoms with Gasteiger partial charge in [0.25, 0.3) is 0 Å². The predicted molar refractivity (Wildman–Crippen MR) is 62.9 cm³/mol. The number of nitrogens with zero attached hydrogens (tertiary/aromatic N) is 2. The minimum Gasteiger partial charge on any atom is -0.444 e. The van der Waals surface area contributed by atoms with Gasteiger partial charge in [-0.15, -0.1) is 0 Å². The van der Waals surface area contributed by atoms with Gasteiger partial charge < -0.3 is 15.1 Å². The zero-order chi connectivity index (χ0) is 11.4. The van der Waals surface area contributed by atoms with E-state index in [4.69, 9.17) is 10.2 Å². The van der Waals surface area contributed by atoms with Crippen molar-refractivity contribution in [3.63, 3.8) is 0 Å². The number of aromatic nitrogens is 1. The first-order valence-electron chi connectivity index (χ1n) is 6.17. The quantitative estimate of drug-likeness (QED) is 0.838. The highest BCUT2D eigenvalue weighted by Gasteiger charge is 2.20. The number of piperidine rings is 1. The summed E-state index contributed by atoms with van der Waals surface area (Å²) in [5.74, 6) is 2.33.